The molecule has 6 rings (SSSR count). The van der Waals surface area contributed by atoms with Crippen molar-refractivity contribution in [3.63, 3.8) is 0 Å². The van der Waals surface area contributed by atoms with Crippen LogP contribution in [0.25, 0.3) is 27.9 Å². The Labute approximate surface area is 192 Å². The number of carbonyl (C=O) groups excluding carboxylic acids is 1. The Kier molecular flexibility index (Phi) is 4.54. The number of nitrogens with zero attached hydrogens (tertiary/aromatic N) is 3. The Bertz CT molecular complexity index is 1600. The smallest absolute Gasteiger partial charge is 0.257 e. The summed E-state index contributed by atoms with van der Waals surface area (Å²) in [5, 5.41) is 2.89. The topological polar surface area (TPSA) is 104 Å². The van der Waals surface area contributed by atoms with Crippen molar-refractivity contribution in [2.24, 2.45) is 0 Å². The summed E-state index contributed by atoms with van der Waals surface area (Å²) in [7, 11) is 0. The van der Waals surface area contributed by atoms with Gasteiger partial charge in [-0.1, -0.05) is 24.3 Å². The van der Waals surface area contributed by atoms with Crippen molar-refractivity contribution >= 4 is 33.9 Å². The van der Waals surface area contributed by atoms with Crippen molar-refractivity contribution in [1.82, 2.24) is 19.9 Å². The largest absolute Gasteiger partial charge is 0.454 e. The fourth-order valence-corrected chi connectivity index (χ4v) is 4.08. The predicted octanol–water partition coefficient (Wildman–Crippen LogP) is 3.95. The van der Waals surface area contributed by atoms with Gasteiger partial charge in [-0.15, -0.1) is 0 Å². The lowest BCUT2D eigenvalue weighted by Crippen LogP contribution is -2.24. The molecule has 1 aliphatic rings. The molecule has 8 nitrogen and oxygen atoms in total. The van der Waals surface area contributed by atoms with Crippen LogP contribution in [-0.2, 0) is 6.54 Å². The predicted molar refractivity (Wildman–Crippen MR) is 124 cm³/mol. The Morgan fingerprint density at radius 1 is 1.00 bits per heavy atom. The molecule has 2 aromatic heterocycles. The van der Waals surface area contributed by atoms with Crippen LogP contribution < -0.4 is 20.5 Å². The number of nitrogens with two attached hydrogens (primary N) is 1. The highest BCUT2D eigenvalue weighted by atomic mass is 19.1. The van der Waals surface area contributed by atoms with Crippen LogP contribution in [0.3, 0.4) is 0 Å². The minimum absolute atomic E-state index is 0.124. The summed E-state index contributed by atoms with van der Waals surface area (Å²) >= 11 is 0. The second-order valence-corrected chi connectivity index (χ2v) is 7.83. The molecule has 0 saturated heterocycles. The molecule has 0 bridgehead atoms. The van der Waals surface area contributed by atoms with Crippen molar-refractivity contribution in [3.8, 4) is 17.2 Å². The van der Waals surface area contributed by atoms with E-state index in [9.17, 15) is 9.18 Å². The van der Waals surface area contributed by atoms with E-state index in [1.165, 1.54) is 12.1 Å². The SMILES string of the molecule is Nc1c(C(=O)NCc2ccc3c(c2)OCO3)c2nc3ccccc3nc2n1-c1cccc(F)c1. The number of nitrogen functional groups attached to an aromatic ring is 1. The molecule has 3 N–H and O–H groups in total. The molecule has 0 spiro atoms. The summed E-state index contributed by atoms with van der Waals surface area (Å²) in [5.74, 6) is 0.575. The lowest BCUT2D eigenvalue weighted by molar-refractivity contribution is 0.0953. The van der Waals surface area contributed by atoms with Crippen LogP contribution in [0, 0.1) is 5.82 Å². The summed E-state index contributed by atoms with van der Waals surface area (Å²) in [5.41, 5.74) is 9.89. The number of ether oxygens (including phenoxy) is 2. The van der Waals surface area contributed by atoms with Gasteiger partial charge in [0.25, 0.3) is 5.91 Å². The van der Waals surface area contributed by atoms with Gasteiger partial charge in [-0.25, -0.2) is 14.4 Å². The first-order valence-electron chi connectivity index (χ1n) is 10.6. The summed E-state index contributed by atoms with van der Waals surface area (Å²) in [4.78, 5) is 22.7. The molecule has 0 unspecified atom stereocenters. The van der Waals surface area contributed by atoms with E-state index in [0.29, 0.717) is 39.4 Å². The van der Waals surface area contributed by atoms with Crippen molar-refractivity contribution in [1.29, 1.82) is 0 Å². The van der Waals surface area contributed by atoms with E-state index >= 15 is 0 Å². The first-order valence-corrected chi connectivity index (χ1v) is 10.6. The molecule has 0 atom stereocenters. The van der Waals surface area contributed by atoms with Crippen molar-refractivity contribution in [2.75, 3.05) is 12.5 Å². The maximum absolute atomic E-state index is 14.0. The third kappa shape index (κ3) is 3.25. The summed E-state index contributed by atoms with van der Waals surface area (Å²) in [6.45, 7) is 0.413. The Morgan fingerprint density at radius 3 is 2.62 bits per heavy atom. The third-order valence-electron chi connectivity index (χ3n) is 5.68. The average Bonchev–Trinajstić information content (AvgIpc) is 3.42. The van der Waals surface area contributed by atoms with Gasteiger partial charge in [0.05, 0.1) is 16.7 Å². The van der Waals surface area contributed by atoms with Gasteiger partial charge in [0.15, 0.2) is 17.1 Å². The number of hydrogen-bond acceptors (Lipinski definition) is 6. The lowest BCUT2D eigenvalue weighted by atomic mass is 10.2. The number of para-hydroxylation sites is 2. The molecule has 34 heavy (non-hydrogen) atoms. The average molecular weight is 455 g/mol. The van der Waals surface area contributed by atoms with Crippen LogP contribution in [0.1, 0.15) is 15.9 Å². The molecule has 1 amide bonds. The zero-order valence-corrected chi connectivity index (χ0v) is 17.8. The fraction of sp³-hybridized carbons (Fsp3) is 0.0800. The van der Waals surface area contributed by atoms with Crippen LogP contribution in [0.5, 0.6) is 11.5 Å². The first kappa shape index (κ1) is 20.0. The van der Waals surface area contributed by atoms with E-state index in [2.05, 4.69) is 10.3 Å². The number of nitrogens with one attached hydrogen (secondary N) is 1. The van der Waals surface area contributed by atoms with Crippen LogP contribution in [0.2, 0.25) is 0 Å². The van der Waals surface area contributed by atoms with Crippen molar-refractivity contribution in [2.45, 2.75) is 6.54 Å². The van der Waals surface area contributed by atoms with Gasteiger partial charge in [0.2, 0.25) is 6.79 Å². The molecule has 0 fully saturated rings. The molecule has 3 heterocycles. The summed E-state index contributed by atoms with van der Waals surface area (Å²) < 4.78 is 26.3. The number of hydrogen-bond donors (Lipinski definition) is 2. The second-order valence-electron chi connectivity index (χ2n) is 7.83. The lowest BCUT2D eigenvalue weighted by Gasteiger charge is -2.09. The molecule has 1 aliphatic heterocycles. The van der Waals surface area contributed by atoms with Gasteiger partial charge in [-0.05, 0) is 48.0 Å². The van der Waals surface area contributed by atoms with E-state index in [4.69, 9.17) is 20.2 Å². The van der Waals surface area contributed by atoms with Crippen LogP contribution >= 0.6 is 0 Å². The van der Waals surface area contributed by atoms with E-state index < -0.39 is 11.7 Å². The van der Waals surface area contributed by atoms with Crippen molar-refractivity contribution < 1.29 is 18.7 Å². The number of benzene rings is 3. The van der Waals surface area contributed by atoms with Gasteiger partial charge >= 0.3 is 0 Å². The van der Waals surface area contributed by atoms with Crippen LogP contribution in [0.4, 0.5) is 10.2 Å². The Balaban J connectivity index is 1.45. The van der Waals surface area contributed by atoms with E-state index in [1.54, 1.807) is 22.8 Å². The number of aromatic nitrogens is 3. The standard InChI is InChI=1S/C25H18FN5O3/c26-15-4-3-5-16(11-15)31-23(27)21(22-24(31)30-18-7-2-1-6-17(18)29-22)25(32)28-12-14-8-9-19-20(10-14)34-13-33-19/h1-11H,12-13,27H2,(H,28,32). The summed E-state index contributed by atoms with van der Waals surface area (Å²) in [6, 6.07) is 18.7. The van der Waals surface area contributed by atoms with Gasteiger partial charge in [0, 0.05) is 6.54 Å². The molecule has 0 aliphatic carbocycles. The number of amides is 1. The normalized spacial score (nSPS) is 12.4. The monoisotopic (exact) mass is 455 g/mol. The van der Waals surface area contributed by atoms with Gasteiger partial charge in [0.1, 0.15) is 22.7 Å². The summed E-state index contributed by atoms with van der Waals surface area (Å²) in [6.07, 6.45) is 0. The highest BCUT2D eigenvalue weighted by Gasteiger charge is 2.25. The highest BCUT2D eigenvalue weighted by Crippen LogP contribution is 2.33. The quantitative estimate of drug-likeness (QED) is 0.425. The van der Waals surface area contributed by atoms with E-state index in [1.807, 2.05) is 36.4 Å². The number of rotatable bonds is 4. The zero-order chi connectivity index (χ0) is 23.2. The molecule has 3 aromatic carbocycles. The maximum atomic E-state index is 14.0. The third-order valence-corrected chi connectivity index (χ3v) is 5.68. The molecule has 0 saturated carbocycles. The minimum atomic E-state index is -0.429. The molecule has 5 aromatic rings. The number of fused-ring (bicyclic) bond motifs is 3. The molecular weight excluding hydrogens is 437 g/mol. The fourth-order valence-electron chi connectivity index (χ4n) is 4.08. The van der Waals surface area contributed by atoms with E-state index in [0.717, 1.165) is 5.56 Å². The van der Waals surface area contributed by atoms with Crippen LogP contribution in [0.15, 0.2) is 66.7 Å². The Hall–Kier alpha value is -4.66. The maximum Gasteiger partial charge on any atom is 0.257 e. The number of anilines is 1. The second kappa shape index (κ2) is 7.73. The molecule has 0 radical (unpaired) electrons. The van der Waals surface area contributed by atoms with Gasteiger partial charge in [-0.2, -0.15) is 0 Å². The molecule has 168 valence electrons. The minimum Gasteiger partial charge on any atom is -0.454 e. The van der Waals surface area contributed by atoms with Gasteiger partial charge < -0.3 is 20.5 Å². The Morgan fingerprint density at radius 2 is 1.79 bits per heavy atom. The van der Waals surface area contributed by atoms with Crippen molar-refractivity contribution in [3.05, 3.63) is 83.7 Å². The van der Waals surface area contributed by atoms with Crippen LogP contribution in [-0.4, -0.2) is 27.2 Å². The first-order chi connectivity index (χ1) is 16.6. The molecular formula is C25H18FN5O3. The molecule has 9 heteroatoms. The number of halogens is 1. The zero-order valence-electron chi connectivity index (χ0n) is 17.8. The number of carbonyl (C=O) groups is 1. The highest BCUT2D eigenvalue weighted by molar-refractivity contribution is 6.11. The van der Waals surface area contributed by atoms with Gasteiger partial charge in [-0.3, -0.25) is 9.36 Å². The van der Waals surface area contributed by atoms with E-state index in [-0.39, 0.29) is 24.7 Å².